The summed E-state index contributed by atoms with van der Waals surface area (Å²) in [4.78, 5) is 30.0. The molecular weight excluding hydrogens is 463 g/mol. The Morgan fingerprint density at radius 3 is 2.65 bits per heavy atom. The summed E-state index contributed by atoms with van der Waals surface area (Å²) >= 11 is 0. The Kier molecular flexibility index (Phi) is 7.20. The summed E-state index contributed by atoms with van der Waals surface area (Å²) in [5, 5.41) is 14.0. The number of aromatic amines is 1. The van der Waals surface area contributed by atoms with Crippen LogP contribution >= 0.6 is 7.75 Å². The molecule has 3 N–H and O–H groups in total. The van der Waals surface area contributed by atoms with Gasteiger partial charge >= 0.3 is 13.4 Å². The minimum Gasteiger partial charge on any atom is -0.413 e. The highest BCUT2D eigenvalue weighted by Gasteiger charge is 2.54. The highest BCUT2D eigenvalue weighted by molar-refractivity contribution is 7.52. The molecule has 2 aromatic rings. The van der Waals surface area contributed by atoms with E-state index < -0.39 is 43.0 Å². The number of aromatic nitrogens is 2. The number of H-pyrrole nitrogens is 1. The smallest absolute Gasteiger partial charge is 0.413 e. The van der Waals surface area contributed by atoms with Crippen LogP contribution < -0.4 is 20.9 Å². The van der Waals surface area contributed by atoms with E-state index in [1.165, 1.54) is 6.20 Å². The molecule has 0 spiro atoms. The van der Waals surface area contributed by atoms with Gasteiger partial charge in [0, 0.05) is 18.3 Å². The largest absolute Gasteiger partial charge is 0.459 e. The number of aliphatic hydroxyl groups excluding tert-OH is 1. The third-order valence-electron chi connectivity index (χ3n) is 6.27. The number of rotatable bonds is 9. The van der Waals surface area contributed by atoms with Crippen LogP contribution in [0.25, 0.3) is 0 Å². The van der Waals surface area contributed by atoms with Gasteiger partial charge in [0.2, 0.25) is 0 Å². The second kappa shape index (κ2) is 9.97. The van der Waals surface area contributed by atoms with Crippen LogP contribution in [0.2, 0.25) is 0 Å². The van der Waals surface area contributed by atoms with Crippen LogP contribution in [0.15, 0.2) is 57.2 Å². The second-order valence-electron chi connectivity index (χ2n) is 8.68. The van der Waals surface area contributed by atoms with Crippen LogP contribution in [-0.2, 0) is 13.8 Å². The molecule has 0 amide bonds. The number of para-hydroxylation sites is 1. The lowest BCUT2D eigenvalue weighted by Crippen LogP contribution is -2.45. The highest BCUT2D eigenvalue weighted by Crippen LogP contribution is 2.48. The molecule has 184 valence electrons. The Hall–Kier alpha value is -2.56. The number of aliphatic imine (C=N–C) groups is 1. The molecule has 1 unspecified atom stereocenters. The van der Waals surface area contributed by atoms with E-state index in [9.17, 15) is 19.3 Å². The van der Waals surface area contributed by atoms with Crippen molar-refractivity contribution < 1.29 is 23.5 Å². The number of ether oxygens (including phenoxy) is 1. The molecule has 0 bridgehead atoms. The summed E-state index contributed by atoms with van der Waals surface area (Å²) in [5.74, 6) is 0.375. The number of nitrogens with one attached hydrogen (secondary N) is 2. The quantitative estimate of drug-likeness (QED) is 0.356. The molecular formula is C22H29N4O7P. The number of aliphatic hydroxyl groups is 1. The first-order valence-electron chi connectivity index (χ1n) is 11.1. The predicted molar refractivity (Wildman–Crippen MR) is 125 cm³/mol. The molecule has 12 heteroatoms. The maximum absolute atomic E-state index is 13.7. The maximum Gasteiger partial charge on any atom is 0.459 e. The van der Waals surface area contributed by atoms with Crippen LogP contribution in [0.1, 0.15) is 38.8 Å². The average Bonchev–Trinajstić information content (AvgIpc) is 3.40. The Morgan fingerprint density at radius 1 is 1.29 bits per heavy atom. The van der Waals surface area contributed by atoms with Crippen molar-refractivity contribution in [2.45, 2.75) is 62.6 Å². The maximum atomic E-state index is 13.7. The Labute approximate surface area is 196 Å². The molecule has 1 aliphatic heterocycles. The summed E-state index contributed by atoms with van der Waals surface area (Å²) < 4.78 is 32.2. The number of hydrogen-bond donors (Lipinski definition) is 3. The van der Waals surface area contributed by atoms with Crippen molar-refractivity contribution in [3.05, 3.63) is 63.4 Å². The molecule has 1 aromatic carbocycles. The highest BCUT2D eigenvalue weighted by atomic mass is 31.2. The second-order valence-corrected chi connectivity index (χ2v) is 10.4. The monoisotopic (exact) mass is 492 g/mol. The van der Waals surface area contributed by atoms with Crippen LogP contribution in [0.3, 0.4) is 0 Å². The molecule has 2 heterocycles. The molecule has 1 saturated heterocycles. The van der Waals surface area contributed by atoms with Crippen LogP contribution in [0.5, 0.6) is 5.75 Å². The van der Waals surface area contributed by atoms with Crippen molar-refractivity contribution in [3.63, 3.8) is 0 Å². The van der Waals surface area contributed by atoms with E-state index >= 15 is 0 Å². The SMILES string of the molecule is C=N[C@]1(C)[C@H](O)[C@@H](COP(=O)(NC2CCCC2)Oc2ccccc2)O[C@H]1n1ccc(=O)[nH]c1=O. The normalized spacial score (nSPS) is 29.1. The lowest BCUT2D eigenvalue weighted by molar-refractivity contribution is -0.0455. The van der Waals surface area contributed by atoms with Crippen molar-refractivity contribution in [3.8, 4) is 5.75 Å². The third-order valence-corrected chi connectivity index (χ3v) is 7.89. The molecule has 2 aliphatic rings. The van der Waals surface area contributed by atoms with Crippen LogP contribution in [0.4, 0.5) is 0 Å². The van der Waals surface area contributed by atoms with Crippen molar-refractivity contribution in [1.29, 1.82) is 0 Å². The standard InChI is InChI=1S/C22H29N4O7P/c1-22(23-2)19(28)17(32-20(22)26-13-12-18(27)24-21(26)29)14-31-34(30,25-15-8-6-7-9-15)33-16-10-4-3-5-11-16/h3-5,10-13,15,17,19-20,28H,2,6-9,14H2,1H3,(H,25,30)(H,24,27,29)/t17-,19-,20-,22-,34?/m1/s1. The van der Waals surface area contributed by atoms with Gasteiger partial charge in [0.1, 0.15) is 23.5 Å². The first kappa shape index (κ1) is 24.6. The molecule has 34 heavy (non-hydrogen) atoms. The van der Waals surface area contributed by atoms with Crippen molar-refractivity contribution >= 4 is 14.5 Å². The van der Waals surface area contributed by atoms with Gasteiger partial charge in [0.25, 0.3) is 5.56 Å². The van der Waals surface area contributed by atoms with Gasteiger partial charge in [-0.2, -0.15) is 0 Å². The van der Waals surface area contributed by atoms with E-state index in [2.05, 4.69) is 21.8 Å². The van der Waals surface area contributed by atoms with E-state index in [0.29, 0.717) is 5.75 Å². The summed E-state index contributed by atoms with van der Waals surface area (Å²) in [6.07, 6.45) is 1.68. The fraction of sp³-hybridized carbons (Fsp3) is 0.500. The zero-order valence-corrected chi connectivity index (χ0v) is 19.7. The Balaban J connectivity index is 1.54. The summed E-state index contributed by atoms with van der Waals surface area (Å²) in [6.45, 7) is 4.82. The van der Waals surface area contributed by atoms with Gasteiger partial charge in [0.15, 0.2) is 6.23 Å². The van der Waals surface area contributed by atoms with Crippen molar-refractivity contribution in [1.82, 2.24) is 14.6 Å². The molecule has 1 aliphatic carbocycles. The Morgan fingerprint density at radius 2 is 2.00 bits per heavy atom. The lowest BCUT2D eigenvalue weighted by Gasteiger charge is -2.28. The fourth-order valence-corrected chi connectivity index (χ4v) is 5.95. The topological polar surface area (TPSA) is 144 Å². The minimum atomic E-state index is -3.83. The summed E-state index contributed by atoms with van der Waals surface area (Å²) in [7, 11) is -3.83. The molecule has 0 radical (unpaired) electrons. The van der Waals surface area contributed by atoms with Gasteiger partial charge < -0.3 is 14.4 Å². The predicted octanol–water partition coefficient (Wildman–Crippen LogP) is 1.99. The number of hydrogen-bond acceptors (Lipinski definition) is 8. The van der Waals surface area contributed by atoms with E-state index in [1.807, 2.05) is 6.07 Å². The van der Waals surface area contributed by atoms with Gasteiger partial charge in [-0.1, -0.05) is 31.0 Å². The lowest BCUT2D eigenvalue weighted by atomic mass is 9.93. The minimum absolute atomic E-state index is 0.0171. The third kappa shape index (κ3) is 5.08. The van der Waals surface area contributed by atoms with Gasteiger partial charge in [0.05, 0.1) is 6.61 Å². The number of nitrogens with zero attached hydrogens (tertiary/aromatic N) is 2. The van der Waals surface area contributed by atoms with E-state index in [1.54, 1.807) is 31.2 Å². The molecule has 1 aromatic heterocycles. The van der Waals surface area contributed by atoms with Gasteiger partial charge in [-0.3, -0.25) is 23.9 Å². The van der Waals surface area contributed by atoms with Gasteiger partial charge in [-0.05, 0) is 38.6 Å². The van der Waals surface area contributed by atoms with E-state index in [-0.39, 0.29) is 12.6 Å². The van der Waals surface area contributed by atoms with Crippen LogP contribution in [-0.4, -0.2) is 51.8 Å². The van der Waals surface area contributed by atoms with Crippen LogP contribution in [0, 0.1) is 0 Å². The molecule has 2 fully saturated rings. The molecule has 5 atom stereocenters. The van der Waals surface area contributed by atoms with Crippen molar-refractivity contribution in [2.24, 2.45) is 4.99 Å². The average molecular weight is 492 g/mol. The zero-order chi connectivity index (χ0) is 24.3. The summed E-state index contributed by atoms with van der Waals surface area (Å²) in [5.41, 5.74) is -2.62. The van der Waals surface area contributed by atoms with Crippen molar-refractivity contribution in [2.75, 3.05) is 6.61 Å². The zero-order valence-electron chi connectivity index (χ0n) is 18.8. The van der Waals surface area contributed by atoms with E-state index in [0.717, 1.165) is 36.3 Å². The summed E-state index contributed by atoms with van der Waals surface area (Å²) in [6, 6.07) is 9.82. The van der Waals surface area contributed by atoms with E-state index in [4.69, 9.17) is 13.8 Å². The van der Waals surface area contributed by atoms with Gasteiger partial charge in [-0.25, -0.2) is 14.4 Å². The Bertz CT molecular complexity index is 1160. The molecule has 11 nitrogen and oxygen atoms in total. The number of benzene rings is 1. The molecule has 1 saturated carbocycles. The fourth-order valence-electron chi connectivity index (χ4n) is 4.32. The first-order valence-corrected chi connectivity index (χ1v) is 12.7. The first-order chi connectivity index (χ1) is 16.2. The van der Waals surface area contributed by atoms with Gasteiger partial charge in [-0.15, -0.1) is 0 Å². The molecule has 4 rings (SSSR count).